The average molecular weight is 578 g/mol. The Bertz CT molecular complexity index is 1110. The molecule has 2 amide bonds. The van der Waals surface area contributed by atoms with E-state index >= 15 is 0 Å². The summed E-state index contributed by atoms with van der Waals surface area (Å²) < 4.78 is 6.66. The lowest BCUT2D eigenvalue weighted by atomic mass is 10.0. The number of rotatable bonds is 11. The highest BCUT2D eigenvalue weighted by Gasteiger charge is 2.31. The summed E-state index contributed by atoms with van der Waals surface area (Å²) in [5.74, 6) is -0.0420. The van der Waals surface area contributed by atoms with Crippen molar-refractivity contribution in [2.24, 2.45) is 0 Å². The number of nitrogens with one attached hydrogen (secondary N) is 1. The van der Waals surface area contributed by atoms with Crippen LogP contribution in [0.3, 0.4) is 0 Å². The van der Waals surface area contributed by atoms with Gasteiger partial charge in [0.05, 0.1) is 0 Å². The minimum atomic E-state index is -0.780. The van der Waals surface area contributed by atoms with Gasteiger partial charge in [-0.2, -0.15) is 0 Å². The molecule has 1 N–H and O–H groups in total. The van der Waals surface area contributed by atoms with Crippen LogP contribution in [0, 0.1) is 0 Å². The van der Waals surface area contributed by atoms with E-state index in [0.717, 1.165) is 16.5 Å². The molecule has 3 aromatic carbocycles. The normalized spacial score (nSPS) is 11.5. The predicted molar refractivity (Wildman–Crippen MR) is 144 cm³/mol. The van der Waals surface area contributed by atoms with Gasteiger partial charge in [0.2, 0.25) is 5.91 Å². The van der Waals surface area contributed by atoms with Crippen LogP contribution in [0.1, 0.15) is 24.5 Å². The number of benzene rings is 3. The van der Waals surface area contributed by atoms with Crippen molar-refractivity contribution < 1.29 is 14.3 Å². The lowest BCUT2D eigenvalue weighted by Gasteiger charge is -2.32. The number of carbonyl (C=O) groups is 2. The van der Waals surface area contributed by atoms with Crippen molar-refractivity contribution in [3.05, 3.63) is 98.4 Å². The molecule has 8 heteroatoms. The zero-order valence-corrected chi connectivity index (χ0v) is 22.4. The van der Waals surface area contributed by atoms with E-state index < -0.39 is 6.04 Å². The molecule has 0 bridgehead atoms. The molecule has 0 unspecified atom stereocenters. The summed E-state index contributed by atoms with van der Waals surface area (Å²) in [4.78, 5) is 28.4. The van der Waals surface area contributed by atoms with E-state index in [9.17, 15) is 9.59 Å². The number of amides is 2. The van der Waals surface area contributed by atoms with Gasteiger partial charge < -0.3 is 15.0 Å². The van der Waals surface area contributed by atoms with Crippen LogP contribution in [0.15, 0.2) is 77.3 Å². The van der Waals surface area contributed by atoms with Crippen LogP contribution in [0.4, 0.5) is 0 Å². The molecular formula is C27H27BrCl2N2O3. The molecule has 5 nitrogen and oxygen atoms in total. The highest BCUT2D eigenvalue weighted by Crippen LogP contribution is 2.27. The molecule has 0 spiro atoms. The summed E-state index contributed by atoms with van der Waals surface area (Å²) in [6, 6.07) is 21.2. The third-order valence-electron chi connectivity index (χ3n) is 5.39. The Hall–Kier alpha value is -2.54. The number of hydrogen-bond donors (Lipinski definition) is 1. The minimum Gasteiger partial charge on any atom is -0.484 e. The number of ether oxygens (including phenoxy) is 1. The van der Waals surface area contributed by atoms with Crippen LogP contribution in [0.2, 0.25) is 10.0 Å². The van der Waals surface area contributed by atoms with Crippen LogP contribution in [-0.4, -0.2) is 35.9 Å². The van der Waals surface area contributed by atoms with Crippen molar-refractivity contribution in [2.45, 2.75) is 32.4 Å². The number of carbonyl (C=O) groups excluding carboxylic acids is 2. The van der Waals surface area contributed by atoms with Crippen LogP contribution in [0.5, 0.6) is 5.75 Å². The molecule has 0 radical (unpaired) electrons. The van der Waals surface area contributed by atoms with Gasteiger partial charge in [-0.05, 0) is 48.4 Å². The summed E-state index contributed by atoms with van der Waals surface area (Å²) >= 11 is 16.3. The van der Waals surface area contributed by atoms with Gasteiger partial charge in [0.1, 0.15) is 11.8 Å². The third kappa shape index (κ3) is 7.99. The topological polar surface area (TPSA) is 58.6 Å². The Morgan fingerprint density at radius 2 is 1.63 bits per heavy atom. The lowest BCUT2D eigenvalue weighted by molar-refractivity contribution is -0.142. The lowest BCUT2D eigenvalue weighted by Crippen LogP contribution is -2.51. The van der Waals surface area contributed by atoms with E-state index in [2.05, 4.69) is 21.2 Å². The molecule has 0 fully saturated rings. The van der Waals surface area contributed by atoms with Gasteiger partial charge in [-0.25, -0.2) is 0 Å². The summed E-state index contributed by atoms with van der Waals surface area (Å²) in [7, 11) is 0. The van der Waals surface area contributed by atoms with Crippen LogP contribution < -0.4 is 10.1 Å². The molecule has 3 rings (SSSR count). The molecule has 0 heterocycles. The van der Waals surface area contributed by atoms with Crippen LogP contribution in [0.25, 0.3) is 0 Å². The Balaban J connectivity index is 1.93. The fourth-order valence-corrected chi connectivity index (χ4v) is 4.31. The molecule has 0 saturated heterocycles. The van der Waals surface area contributed by atoms with Crippen molar-refractivity contribution in [1.29, 1.82) is 0 Å². The summed E-state index contributed by atoms with van der Waals surface area (Å²) in [6.07, 6.45) is 1.11. The molecule has 0 saturated carbocycles. The first-order valence-corrected chi connectivity index (χ1v) is 12.9. The largest absolute Gasteiger partial charge is 0.484 e. The van der Waals surface area contributed by atoms with E-state index in [1.165, 1.54) is 4.90 Å². The zero-order valence-electron chi connectivity index (χ0n) is 19.3. The molecule has 0 aliphatic carbocycles. The van der Waals surface area contributed by atoms with Crippen molar-refractivity contribution in [3.8, 4) is 5.75 Å². The molecule has 184 valence electrons. The molecule has 0 aromatic heterocycles. The van der Waals surface area contributed by atoms with Gasteiger partial charge in [0, 0.05) is 39.6 Å². The molecule has 35 heavy (non-hydrogen) atoms. The van der Waals surface area contributed by atoms with Gasteiger partial charge >= 0.3 is 0 Å². The fourth-order valence-electron chi connectivity index (χ4n) is 3.53. The Kier molecular flexibility index (Phi) is 10.5. The van der Waals surface area contributed by atoms with E-state index in [1.807, 2.05) is 49.4 Å². The Morgan fingerprint density at radius 3 is 2.26 bits per heavy atom. The first-order valence-electron chi connectivity index (χ1n) is 11.3. The van der Waals surface area contributed by atoms with Gasteiger partial charge in [-0.1, -0.05) is 82.5 Å². The summed E-state index contributed by atoms with van der Waals surface area (Å²) in [5.41, 5.74) is 1.51. The zero-order chi connectivity index (χ0) is 25.2. The molecular weight excluding hydrogens is 551 g/mol. The van der Waals surface area contributed by atoms with Crippen molar-refractivity contribution in [1.82, 2.24) is 10.2 Å². The van der Waals surface area contributed by atoms with Crippen molar-refractivity contribution in [2.75, 3.05) is 13.2 Å². The maximum atomic E-state index is 13.5. The number of halogens is 3. The van der Waals surface area contributed by atoms with Gasteiger partial charge in [0.15, 0.2) is 6.61 Å². The summed E-state index contributed by atoms with van der Waals surface area (Å²) in [5, 5.41) is 3.79. The number of hydrogen-bond acceptors (Lipinski definition) is 3. The first-order chi connectivity index (χ1) is 16.9. The quantitative estimate of drug-likeness (QED) is 0.291. The van der Waals surface area contributed by atoms with Crippen molar-refractivity contribution >= 4 is 50.9 Å². The summed E-state index contributed by atoms with van der Waals surface area (Å²) in [6.45, 7) is 2.31. The minimum absolute atomic E-state index is 0.0675. The van der Waals surface area contributed by atoms with E-state index in [1.54, 1.807) is 30.3 Å². The van der Waals surface area contributed by atoms with Gasteiger partial charge in [-0.15, -0.1) is 0 Å². The second kappa shape index (κ2) is 13.5. The molecule has 3 aromatic rings. The van der Waals surface area contributed by atoms with E-state index in [4.69, 9.17) is 27.9 Å². The van der Waals surface area contributed by atoms with Crippen molar-refractivity contribution in [3.63, 3.8) is 0 Å². The number of nitrogens with zero attached hydrogens (tertiary/aromatic N) is 1. The molecule has 0 aliphatic rings. The third-order valence-corrected chi connectivity index (χ3v) is 6.62. The van der Waals surface area contributed by atoms with E-state index in [0.29, 0.717) is 34.3 Å². The van der Waals surface area contributed by atoms with E-state index in [-0.39, 0.29) is 25.0 Å². The average Bonchev–Trinajstić information content (AvgIpc) is 2.86. The van der Waals surface area contributed by atoms with Gasteiger partial charge in [0.25, 0.3) is 5.91 Å². The highest BCUT2D eigenvalue weighted by atomic mass is 79.9. The monoisotopic (exact) mass is 576 g/mol. The Labute approximate surface area is 224 Å². The second-order valence-corrected chi connectivity index (χ2v) is 9.69. The highest BCUT2D eigenvalue weighted by molar-refractivity contribution is 9.10. The fraction of sp³-hybridized carbons (Fsp3) is 0.259. The maximum Gasteiger partial charge on any atom is 0.261 e. The standard InChI is InChI=1S/C27H27BrCl2N2O3/c1-2-15-31-27(34)25(16-19-7-4-3-5-8-19)32(17-22-23(29)9-6-10-24(22)30)26(33)18-35-21-13-11-20(28)12-14-21/h3-14,25H,2,15-18H2,1H3,(H,31,34)/t25-/m1/s1. The predicted octanol–water partition coefficient (Wildman–Crippen LogP) is 6.30. The van der Waals surface area contributed by atoms with Crippen LogP contribution >= 0.6 is 39.1 Å². The van der Waals surface area contributed by atoms with Gasteiger partial charge in [-0.3, -0.25) is 9.59 Å². The van der Waals surface area contributed by atoms with Crippen LogP contribution in [-0.2, 0) is 22.6 Å². The Morgan fingerprint density at radius 1 is 0.971 bits per heavy atom. The smallest absolute Gasteiger partial charge is 0.261 e. The molecule has 1 atom stereocenters. The SMILES string of the molecule is CCCNC(=O)[C@@H](Cc1ccccc1)N(Cc1c(Cl)cccc1Cl)C(=O)COc1ccc(Br)cc1. The second-order valence-electron chi connectivity index (χ2n) is 7.96. The first kappa shape index (κ1) is 27.1. The maximum absolute atomic E-state index is 13.5. The molecule has 0 aliphatic heterocycles.